The maximum atomic E-state index is 12.5. The molecule has 0 bridgehead atoms. The lowest BCUT2D eigenvalue weighted by molar-refractivity contribution is -0.138. The zero-order valence-corrected chi connectivity index (χ0v) is 9.26. The first-order chi connectivity index (χ1) is 8.13. The van der Waals surface area contributed by atoms with Crippen LogP contribution in [0.25, 0.3) is 0 Å². The molecule has 0 saturated heterocycles. The molecule has 2 N–H and O–H groups in total. The molecular formula is C11H12FN3O2. The summed E-state index contributed by atoms with van der Waals surface area (Å²) in [5.74, 6) is -0.726. The number of rotatable bonds is 4. The number of pyridine rings is 1. The number of carbonyl (C=O) groups excluding carboxylic acids is 1. The predicted octanol–water partition coefficient (Wildman–Crippen LogP) is 1.33. The van der Waals surface area contributed by atoms with Crippen LogP contribution in [0.15, 0.2) is 35.1 Å². The fourth-order valence-electron chi connectivity index (χ4n) is 0.921. The first-order valence-corrected chi connectivity index (χ1v) is 4.92. The van der Waals surface area contributed by atoms with E-state index in [4.69, 9.17) is 5.73 Å². The van der Waals surface area contributed by atoms with Crippen molar-refractivity contribution in [3.05, 3.63) is 35.9 Å². The van der Waals surface area contributed by atoms with Crippen LogP contribution in [-0.4, -0.2) is 23.8 Å². The van der Waals surface area contributed by atoms with Gasteiger partial charge < -0.3 is 10.5 Å². The third-order valence-electron chi connectivity index (χ3n) is 1.68. The van der Waals surface area contributed by atoms with Gasteiger partial charge in [0.1, 0.15) is 11.5 Å². The molecule has 0 atom stereocenters. The monoisotopic (exact) mass is 237 g/mol. The first kappa shape index (κ1) is 12.8. The molecule has 0 fully saturated rings. The summed E-state index contributed by atoms with van der Waals surface area (Å²) in [7, 11) is 0. The van der Waals surface area contributed by atoms with Gasteiger partial charge in [-0.25, -0.2) is 19.2 Å². The van der Waals surface area contributed by atoms with Crippen LogP contribution >= 0.6 is 0 Å². The van der Waals surface area contributed by atoms with Crippen LogP contribution < -0.4 is 5.73 Å². The number of nitrogens with zero attached hydrogens (tertiary/aromatic N) is 2. The van der Waals surface area contributed by atoms with Gasteiger partial charge in [-0.05, 0) is 25.1 Å². The van der Waals surface area contributed by atoms with Crippen LogP contribution in [0.4, 0.5) is 10.2 Å². The molecule has 1 heterocycles. The Balaban J connectivity index is 2.63. The highest BCUT2D eigenvalue weighted by atomic mass is 19.1. The van der Waals surface area contributed by atoms with Crippen LogP contribution in [0.3, 0.4) is 0 Å². The highest BCUT2D eigenvalue weighted by Gasteiger charge is 2.03. The number of esters is 1. The molecule has 0 spiro atoms. The molecule has 1 rings (SSSR count). The van der Waals surface area contributed by atoms with Crippen LogP contribution in [-0.2, 0) is 9.53 Å². The summed E-state index contributed by atoms with van der Waals surface area (Å²) < 4.78 is 17.2. The molecule has 0 aliphatic carbocycles. The molecule has 0 aromatic carbocycles. The normalized spacial score (nSPS) is 11.8. The Bertz CT molecular complexity index is 441. The minimum Gasteiger partial charge on any atom is -0.461 e. The molecule has 5 nitrogen and oxygen atoms in total. The maximum Gasteiger partial charge on any atom is 0.354 e. The van der Waals surface area contributed by atoms with Crippen molar-refractivity contribution in [2.24, 2.45) is 10.7 Å². The van der Waals surface area contributed by atoms with Gasteiger partial charge >= 0.3 is 5.97 Å². The summed E-state index contributed by atoms with van der Waals surface area (Å²) >= 11 is 0. The third-order valence-corrected chi connectivity index (χ3v) is 1.68. The van der Waals surface area contributed by atoms with Gasteiger partial charge in [0.15, 0.2) is 5.82 Å². The van der Waals surface area contributed by atoms with Crippen LogP contribution in [0.2, 0.25) is 0 Å². The summed E-state index contributed by atoms with van der Waals surface area (Å²) in [4.78, 5) is 18.6. The fraction of sp³-hybridized carbons (Fsp3) is 0.182. The first-order valence-electron chi connectivity index (χ1n) is 4.92. The van der Waals surface area contributed by atoms with Crippen molar-refractivity contribution in [1.29, 1.82) is 0 Å². The van der Waals surface area contributed by atoms with Crippen molar-refractivity contribution in [2.45, 2.75) is 6.92 Å². The number of aromatic nitrogens is 1. The fourth-order valence-corrected chi connectivity index (χ4v) is 0.921. The Kier molecular flexibility index (Phi) is 4.80. The van der Waals surface area contributed by atoms with Gasteiger partial charge in [-0.2, -0.15) is 0 Å². The summed E-state index contributed by atoms with van der Waals surface area (Å²) in [6.45, 7) is 1.94. The minimum absolute atomic E-state index is 0.0577. The summed E-state index contributed by atoms with van der Waals surface area (Å²) in [6, 6.07) is 2.64. The van der Waals surface area contributed by atoms with E-state index in [2.05, 4.69) is 14.7 Å². The van der Waals surface area contributed by atoms with Crippen molar-refractivity contribution in [1.82, 2.24) is 4.98 Å². The van der Waals surface area contributed by atoms with E-state index in [1.165, 1.54) is 24.4 Å². The van der Waals surface area contributed by atoms with Crippen molar-refractivity contribution in [2.75, 3.05) is 6.61 Å². The number of carbonyl (C=O) groups is 1. The number of nitrogens with two attached hydrogens (primary N) is 1. The van der Waals surface area contributed by atoms with Gasteiger partial charge in [0.25, 0.3) is 0 Å². The zero-order valence-electron chi connectivity index (χ0n) is 9.26. The largest absolute Gasteiger partial charge is 0.461 e. The minimum atomic E-state index is -0.606. The van der Waals surface area contributed by atoms with Crippen molar-refractivity contribution in [3.63, 3.8) is 0 Å². The molecule has 6 heteroatoms. The van der Waals surface area contributed by atoms with Crippen LogP contribution in [0, 0.1) is 5.82 Å². The summed E-state index contributed by atoms with van der Waals surface area (Å²) in [6.07, 6.45) is 3.64. The SMILES string of the molecule is CCOC(=O)C(N)=CC=Nc1ccc(F)cn1. The molecule has 1 aromatic heterocycles. The Labute approximate surface area is 97.8 Å². The second-order valence-electron chi connectivity index (χ2n) is 2.96. The van der Waals surface area contributed by atoms with E-state index in [1.54, 1.807) is 6.92 Å². The molecule has 0 aliphatic heterocycles. The van der Waals surface area contributed by atoms with E-state index in [1.807, 2.05) is 0 Å². The standard InChI is InChI=1S/C11H12FN3O2/c1-2-17-11(16)9(13)5-6-14-10-4-3-8(12)7-15-10/h3-7H,2,13H2,1H3. The number of halogens is 1. The predicted molar refractivity (Wildman–Crippen MR) is 61.3 cm³/mol. The number of allylic oxidation sites excluding steroid dienone is 1. The molecule has 0 radical (unpaired) electrons. The zero-order chi connectivity index (χ0) is 12.7. The molecule has 90 valence electrons. The Morgan fingerprint density at radius 2 is 2.41 bits per heavy atom. The number of ether oxygens (including phenoxy) is 1. The Morgan fingerprint density at radius 3 is 3.00 bits per heavy atom. The average molecular weight is 237 g/mol. The number of hydrogen-bond acceptors (Lipinski definition) is 5. The Hall–Kier alpha value is -2.24. The lowest BCUT2D eigenvalue weighted by atomic mass is 10.4. The second-order valence-corrected chi connectivity index (χ2v) is 2.96. The van der Waals surface area contributed by atoms with E-state index < -0.39 is 11.8 Å². The molecule has 0 amide bonds. The van der Waals surface area contributed by atoms with E-state index >= 15 is 0 Å². The van der Waals surface area contributed by atoms with E-state index in [-0.39, 0.29) is 12.3 Å². The molecular weight excluding hydrogens is 225 g/mol. The third kappa shape index (κ3) is 4.42. The van der Waals surface area contributed by atoms with Gasteiger partial charge in [0.2, 0.25) is 0 Å². The number of hydrogen-bond donors (Lipinski definition) is 1. The van der Waals surface area contributed by atoms with Gasteiger partial charge in [0, 0.05) is 6.21 Å². The summed E-state index contributed by atoms with van der Waals surface area (Å²) in [5, 5.41) is 0. The maximum absolute atomic E-state index is 12.5. The lowest BCUT2D eigenvalue weighted by Gasteiger charge is -1.98. The topological polar surface area (TPSA) is 77.6 Å². The average Bonchev–Trinajstić information content (AvgIpc) is 2.32. The van der Waals surface area contributed by atoms with Crippen LogP contribution in [0.1, 0.15) is 6.92 Å². The quantitative estimate of drug-likeness (QED) is 0.487. The lowest BCUT2D eigenvalue weighted by Crippen LogP contribution is -2.14. The molecule has 0 saturated carbocycles. The van der Waals surface area contributed by atoms with Gasteiger partial charge in [0.05, 0.1) is 12.8 Å². The second kappa shape index (κ2) is 6.37. The van der Waals surface area contributed by atoms with E-state index in [0.29, 0.717) is 5.82 Å². The molecule has 0 aliphatic rings. The van der Waals surface area contributed by atoms with Gasteiger partial charge in [-0.15, -0.1) is 0 Å². The van der Waals surface area contributed by atoms with Gasteiger partial charge in [-0.1, -0.05) is 0 Å². The summed E-state index contributed by atoms with van der Waals surface area (Å²) in [5.41, 5.74) is 5.35. The molecule has 1 aromatic rings. The number of aliphatic imine (C=N–C) groups is 1. The van der Waals surface area contributed by atoms with E-state index in [9.17, 15) is 9.18 Å². The van der Waals surface area contributed by atoms with Crippen molar-refractivity contribution < 1.29 is 13.9 Å². The van der Waals surface area contributed by atoms with Gasteiger partial charge in [-0.3, -0.25) is 0 Å². The van der Waals surface area contributed by atoms with Crippen molar-refractivity contribution >= 4 is 18.0 Å². The van der Waals surface area contributed by atoms with Crippen molar-refractivity contribution in [3.8, 4) is 0 Å². The smallest absolute Gasteiger partial charge is 0.354 e. The highest BCUT2D eigenvalue weighted by Crippen LogP contribution is 2.06. The Morgan fingerprint density at radius 1 is 1.65 bits per heavy atom. The van der Waals surface area contributed by atoms with E-state index in [0.717, 1.165) is 6.20 Å². The molecule has 17 heavy (non-hydrogen) atoms. The molecule has 0 unspecified atom stereocenters. The highest BCUT2D eigenvalue weighted by molar-refractivity contribution is 5.92. The van der Waals surface area contributed by atoms with Crippen LogP contribution in [0.5, 0.6) is 0 Å².